The molecule has 0 aliphatic rings. The molecule has 0 aliphatic heterocycles. The van der Waals surface area contributed by atoms with E-state index in [0.29, 0.717) is 11.1 Å². The lowest BCUT2D eigenvalue weighted by Gasteiger charge is -2.07. The van der Waals surface area contributed by atoms with Gasteiger partial charge in [0.2, 0.25) is 5.91 Å². The van der Waals surface area contributed by atoms with Crippen LogP contribution in [0.2, 0.25) is 0 Å². The Labute approximate surface area is 139 Å². The number of carbonyl (C=O) groups is 1. The Balaban J connectivity index is 1.62. The molecule has 0 atom stereocenters. The number of oxazole rings is 1. The van der Waals surface area contributed by atoms with Crippen molar-refractivity contribution in [2.24, 2.45) is 0 Å². The summed E-state index contributed by atoms with van der Waals surface area (Å²) in [6.45, 7) is 0.226. The van der Waals surface area contributed by atoms with Crippen LogP contribution in [0.25, 0.3) is 11.1 Å². The summed E-state index contributed by atoms with van der Waals surface area (Å²) in [6.07, 6.45) is 0.241. The number of amides is 1. The van der Waals surface area contributed by atoms with Gasteiger partial charge in [-0.2, -0.15) is 0 Å². The van der Waals surface area contributed by atoms with Crippen molar-refractivity contribution in [1.82, 2.24) is 4.57 Å². The first kappa shape index (κ1) is 16.8. The van der Waals surface area contributed by atoms with E-state index in [-0.39, 0.29) is 19.4 Å². The fourth-order valence-electron chi connectivity index (χ4n) is 2.46. The number of rotatable bonds is 5. The predicted octanol–water partition coefficient (Wildman–Crippen LogP) is 3.43. The van der Waals surface area contributed by atoms with Crippen molar-refractivity contribution < 1.29 is 22.4 Å². The maximum Gasteiger partial charge on any atom is 0.419 e. The summed E-state index contributed by atoms with van der Waals surface area (Å²) >= 11 is 0. The second-order valence-corrected chi connectivity index (χ2v) is 5.36. The molecule has 2 aromatic carbocycles. The molecule has 1 aromatic heterocycles. The van der Waals surface area contributed by atoms with Crippen molar-refractivity contribution in [3.05, 3.63) is 64.4 Å². The number of aromatic nitrogens is 1. The van der Waals surface area contributed by atoms with Crippen molar-refractivity contribution >= 4 is 22.7 Å². The first-order chi connectivity index (χ1) is 12.0. The van der Waals surface area contributed by atoms with Crippen LogP contribution in [0.3, 0.4) is 0 Å². The molecule has 3 aromatic rings. The number of benzene rings is 2. The summed E-state index contributed by atoms with van der Waals surface area (Å²) in [7, 11) is 0. The van der Waals surface area contributed by atoms with Crippen molar-refractivity contribution in [2.75, 3.05) is 5.32 Å². The SMILES string of the molecule is O=C(CCCn1c(=O)oc2ccccc21)Nc1ccc(F)c(F)c1F. The summed E-state index contributed by atoms with van der Waals surface area (Å²) in [5.74, 6) is -5.54. The molecule has 0 fully saturated rings. The largest absolute Gasteiger partial charge is 0.419 e. The molecule has 8 heteroatoms. The number of nitrogens with zero attached hydrogens (tertiary/aromatic N) is 1. The molecule has 0 radical (unpaired) electrons. The van der Waals surface area contributed by atoms with Gasteiger partial charge in [0.15, 0.2) is 23.0 Å². The summed E-state index contributed by atoms with van der Waals surface area (Å²) < 4.78 is 45.9. The molecule has 0 bridgehead atoms. The number of nitrogens with one attached hydrogen (secondary N) is 1. The molecule has 5 nitrogen and oxygen atoms in total. The van der Waals surface area contributed by atoms with Gasteiger partial charge in [-0.15, -0.1) is 0 Å². The van der Waals surface area contributed by atoms with E-state index in [9.17, 15) is 22.8 Å². The lowest BCUT2D eigenvalue weighted by molar-refractivity contribution is -0.116. The van der Waals surface area contributed by atoms with Gasteiger partial charge in [0.1, 0.15) is 0 Å². The Morgan fingerprint density at radius 1 is 1.08 bits per heavy atom. The minimum atomic E-state index is -1.64. The third-order valence-corrected chi connectivity index (χ3v) is 3.67. The number of halogens is 3. The van der Waals surface area contributed by atoms with Crippen LogP contribution in [0.1, 0.15) is 12.8 Å². The van der Waals surface area contributed by atoms with Gasteiger partial charge < -0.3 is 9.73 Å². The van der Waals surface area contributed by atoms with Crippen LogP contribution in [0, 0.1) is 17.5 Å². The average Bonchev–Trinajstić information content (AvgIpc) is 2.91. The number of anilines is 1. The smallest absolute Gasteiger partial charge is 0.408 e. The third kappa shape index (κ3) is 3.42. The lowest BCUT2D eigenvalue weighted by atomic mass is 10.2. The number of carbonyl (C=O) groups excluding carboxylic acids is 1. The number of hydrogen-bond donors (Lipinski definition) is 1. The number of hydrogen-bond acceptors (Lipinski definition) is 3. The molecular formula is C17H13F3N2O3. The second-order valence-electron chi connectivity index (χ2n) is 5.36. The van der Waals surface area contributed by atoms with E-state index < -0.39 is 34.8 Å². The molecule has 0 unspecified atom stereocenters. The van der Waals surface area contributed by atoms with Gasteiger partial charge in [-0.05, 0) is 30.7 Å². The fraction of sp³-hybridized carbons (Fsp3) is 0.176. The zero-order valence-corrected chi connectivity index (χ0v) is 12.9. The normalized spacial score (nSPS) is 11.0. The van der Waals surface area contributed by atoms with E-state index in [1.54, 1.807) is 24.3 Å². The standard InChI is InChI=1S/C17H13F3N2O3/c18-10-7-8-11(16(20)15(10)19)21-14(23)6-3-9-22-12-4-1-2-5-13(12)25-17(22)24/h1-2,4-5,7-8H,3,6,9H2,(H,21,23). The minimum Gasteiger partial charge on any atom is -0.408 e. The van der Waals surface area contributed by atoms with Crippen molar-refractivity contribution in [3.8, 4) is 0 Å². The van der Waals surface area contributed by atoms with E-state index in [1.807, 2.05) is 0 Å². The van der Waals surface area contributed by atoms with E-state index in [4.69, 9.17) is 4.42 Å². The molecule has 0 spiro atoms. The Kier molecular flexibility index (Phi) is 4.60. The highest BCUT2D eigenvalue weighted by atomic mass is 19.2. The van der Waals surface area contributed by atoms with Crippen LogP contribution in [0.5, 0.6) is 0 Å². The zero-order valence-electron chi connectivity index (χ0n) is 12.9. The van der Waals surface area contributed by atoms with Gasteiger partial charge in [-0.3, -0.25) is 9.36 Å². The van der Waals surface area contributed by atoms with E-state index in [1.165, 1.54) is 4.57 Å². The average molecular weight is 350 g/mol. The number of para-hydroxylation sites is 2. The Morgan fingerprint density at radius 2 is 1.84 bits per heavy atom. The van der Waals surface area contributed by atoms with Gasteiger partial charge >= 0.3 is 5.76 Å². The monoisotopic (exact) mass is 350 g/mol. The zero-order chi connectivity index (χ0) is 18.0. The van der Waals surface area contributed by atoms with Crippen molar-refractivity contribution in [3.63, 3.8) is 0 Å². The molecule has 0 saturated carbocycles. The van der Waals surface area contributed by atoms with Gasteiger partial charge in [-0.1, -0.05) is 12.1 Å². The maximum atomic E-state index is 13.5. The van der Waals surface area contributed by atoms with Crippen LogP contribution in [0.15, 0.2) is 45.6 Å². The minimum absolute atomic E-state index is 0.0373. The topological polar surface area (TPSA) is 64.2 Å². The summed E-state index contributed by atoms with van der Waals surface area (Å²) in [5, 5.41) is 2.18. The Hall–Kier alpha value is -3.03. The molecule has 3 rings (SSSR count). The summed E-state index contributed by atoms with van der Waals surface area (Å²) in [4.78, 5) is 23.6. The highest BCUT2D eigenvalue weighted by Gasteiger charge is 2.15. The number of aryl methyl sites for hydroxylation is 1. The third-order valence-electron chi connectivity index (χ3n) is 3.67. The van der Waals surface area contributed by atoms with Crippen LogP contribution in [-0.4, -0.2) is 10.5 Å². The van der Waals surface area contributed by atoms with Crippen molar-refractivity contribution in [1.29, 1.82) is 0 Å². The summed E-state index contributed by atoms with van der Waals surface area (Å²) in [6, 6.07) is 8.54. The molecule has 1 amide bonds. The highest BCUT2D eigenvalue weighted by molar-refractivity contribution is 5.90. The van der Waals surface area contributed by atoms with Crippen LogP contribution in [0.4, 0.5) is 18.9 Å². The molecule has 130 valence electrons. The molecule has 0 saturated heterocycles. The quantitative estimate of drug-likeness (QED) is 0.717. The van der Waals surface area contributed by atoms with Gasteiger partial charge in [0, 0.05) is 13.0 Å². The molecule has 1 N–H and O–H groups in total. The van der Waals surface area contributed by atoms with Crippen LogP contribution >= 0.6 is 0 Å². The Morgan fingerprint density at radius 3 is 2.64 bits per heavy atom. The van der Waals surface area contributed by atoms with Gasteiger partial charge in [0.05, 0.1) is 11.2 Å². The van der Waals surface area contributed by atoms with E-state index in [2.05, 4.69) is 5.32 Å². The highest BCUT2D eigenvalue weighted by Crippen LogP contribution is 2.20. The predicted molar refractivity (Wildman–Crippen MR) is 84.7 cm³/mol. The molecule has 1 heterocycles. The summed E-state index contributed by atoms with van der Waals surface area (Å²) in [5.41, 5.74) is 0.621. The van der Waals surface area contributed by atoms with Crippen molar-refractivity contribution in [2.45, 2.75) is 19.4 Å². The second kappa shape index (κ2) is 6.84. The first-order valence-electron chi connectivity index (χ1n) is 7.49. The lowest BCUT2D eigenvalue weighted by Crippen LogP contribution is -2.17. The van der Waals surface area contributed by atoms with Crippen LogP contribution < -0.4 is 11.1 Å². The van der Waals surface area contributed by atoms with E-state index in [0.717, 1.165) is 12.1 Å². The first-order valence-corrected chi connectivity index (χ1v) is 7.49. The fourth-order valence-corrected chi connectivity index (χ4v) is 2.46. The van der Waals surface area contributed by atoms with Gasteiger partial charge in [0.25, 0.3) is 0 Å². The molecular weight excluding hydrogens is 337 g/mol. The molecule has 25 heavy (non-hydrogen) atoms. The maximum absolute atomic E-state index is 13.5. The van der Waals surface area contributed by atoms with Crippen LogP contribution in [-0.2, 0) is 11.3 Å². The number of fused-ring (bicyclic) bond motifs is 1. The van der Waals surface area contributed by atoms with E-state index >= 15 is 0 Å². The Bertz CT molecular complexity index is 994. The molecule has 0 aliphatic carbocycles. The van der Waals surface area contributed by atoms with Gasteiger partial charge in [-0.25, -0.2) is 18.0 Å².